The highest BCUT2D eigenvalue weighted by molar-refractivity contribution is 5.81. The van der Waals surface area contributed by atoms with Crippen LogP contribution in [0.15, 0.2) is 36.5 Å². The van der Waals surface area contributed by atoms with Crippen LogP contribution in [0.25, 0.3) is 10.9 Å². The number of para-hydroxylation sites is 1. The molecule has 1 aromatic carbocycles. The molecule has 0 aliphatic heterocycles. The molecule has 1 aromatic heterocycles. The topological polar surface area (TPSA) is 12.9 Å². The number of hydrogen-bond donors (Lipinski definition) is 0. The van der Waals surface area contributed by atoms with Gasteiger partial charge >= 0.3 is 0 Å². The maximum Gasteiger partial charge on any atom is 0.0704 e. The van der Waals surface area contributed by atoms with Gasteiger partial charge in [0.05, 0.1) is 5.52 Å². The normalized spacial score (nSPS) is 23.1. The van der Waals surface area contributed by atoms with Crippen LogP contribution in [0.1, 0.15) is 51.0 Å². The van der Waals surface area contributed by atoms with Crippen LogP contribution >= 0.6 is 0 Å². The van der Waals surface area contributed by atoms with Crippen LogP contribution < -0.4 is 0 Å². The monoisotopic (exact) mass is 267 g/mol. The fourth-order valence-electron chi connectivity index (χ4n) is 3.57. The minimum atomic E-state index is 0.968. The van der Waals surface area contributed by atoms with Crippen molar-refractivity contribution in [3.63, 3.8) is 0 Å². The Morgan fingerprint density at radius 1 is 1.05 bits per heavy atom. The van der Waals surface area contributed by atoms with Crippen molar-refractivity contribution in [3.8, 4) is 0 Å². The second-order valence-corrected chi connectivity index (χ2v) is 6.51. The van der Waals surface area contributed by atoms with E-state index in [0.717, 1.165) is 17.4 Å². The third kappa shape index (κ3) is 3.20. The average molecular weight is 267 g/mol. The van der Waals surface area contributed by atoms with Gasteiger partial charge in [-0.05, 0) is 42.4 Å². The lowest BCUT2D eigenvalue weighted by Crippen LogP contribution is -2.12. The Morgan fingerprint density at radius 2 is 1.85 bits per heavy atom. The third-order valence-electron chi connectivity index (χ3n) is 4.93. The summed E-state index contributed by atoms with van der Waals surface area (Å²) in [6, 6.07) is 10.7. The second kappa shape index (κ2) is 6.39. The number of benzene rings is 1. The van der Waals surface area contributed by atoms with Crippen molar-refractivity contribution >= 4 is 10.9 Å². The largest absolute Gasteiger partial charge is 0.256 e. The van der Waals surface area contributed by atoms with Crippen LogP contribution in [0.3, 0.4) is 0 Å². The Bertz CT molecular complexity index is 547. The van der Waals surface area contributed by atoms with E-state index >= 15 is 0 Å². The Kier molecular flexibility index (Phi) is 4.34. The van der Waals surface area contributed by atoms with E-state index in [1.165, 1.54) is 55.9 Å². The number of aryl methyl sites for hydroxylation is 1. The summed E-state index contributed by atoms with van der Waals surface area (Å²) in [7, 11) is 0. The van der Waals surface area contributed by atoms with E-state index in [9.17, 15) is 0 Å². The number of pyridine rings is 1. The summed E-state index contributed by atoms with van der Waals surface area (Å²) in [5, 5.41) is 1.34. The summed E-state index contributed by atoms with van der Waals surface area (Å²) in [6.07, 6.45) is 11.7. The summed E-state index contributed by atoms with van der Waals surface area (Å²) < 4.78 is 0. The van der Waals surface area contributed by atoms with Crippen LogP contribution in [0.5, 0.6) is 0 Å². The van der Waals surface area contributed by atoms with Crippen molar-refractivity contribution in [3.05, 3.63) is 42.1 Å². The summed E-state index contributed by atoms with van der Waals surface area (Å²) in [5.74, 6) is 1.95. The molecule has 2 aromatic rings. The van der Waals surface area contributed by atoms with Gasteiger partial charge in [-0.3, -0.25) is 4.98 Å². The zero-order valence-electron chi connectivity index (χ0n) is 12.5. The Balaban J connectivity index is 1.57. The third-order valence-corrected chi connectivity index (χ3v) is 4.93. The number of rotatable bonds is 4. The van der Waals surface area contributed by atoms with E-state index in [2.05, 4.69) is 42.2 Å². The lowest BCUT2D eigenvalue weighted by atomic mass is 9.80. The number of nitrogens with zero attached hydrogens (tertiary/aromatic N) is 1. The molecule has 1 fully saturated rings. The fourth-order valence-corrected chi connectivity index (χ4v) is 3.57. The number of aromatic nitrogens is 1. The van der Waals surface area contributed by atoms with E-state index in [0.29, 0.717) is 0 Å². The van der Waals surface area contributed by atoms with Gasteiger partial charge in [0.1, 0.15) is 0 Å². The molecule has 0 atom stereocenters. The highest BCUT2D eigenvalue weighted by atomic mass is 14.6. The molecule has 1 aliphatic rings. The van der Waals surface area contributed by atoms with Gasteiger partial charge in [-0.2, -0.15) is 0 Å². The van der Waals surface area contributed by atoms with Crippen LogP contribution in [-0.2, 0) is 6.42 Å². The molecular formula is C19H25N. The molecule has 1 heteroatoms. The summed E-state index contributed by atoms with van der Waals surface area (Å²) in [5.41, 5.74) is 2.61. The van der Waals surface area contributed by atoms with Crippen LogP contribution in [0.4, 0.5) is 0 Å². The van der Waals surface area contributed by atoms with Gasteiger partial charge in [0, 0.05) is 11.6 Å². The molecule has 20 heavy (non-hydrogen) atoms. The summed E-state index contributed by atoms with van der Waals surface area (Å²) in [6.45, 7) is 2.40. The Morgan fingerprint density at radius 3 is 2.70 bits per heavy atom. The lowest BCUT2D eigenvalue weighted by Gasteiger charge is -2.26. The Labute approximate surface area is 122 Å². The minimum Gasteiger partial charge on any atom is -0.256 e. The predicted molar refractivity (Wildman–Crippen MR) is 85.8 cm³/mol. The molecule has 0 saturated heterocycles. The van der Waals surface area contributed by atoms with Gasteiger partial charge in [0.2, 0.25) is 0 Å². The van der Waals surface area contributed by atoms with Gasteiger partial charge < -0.3 is 0 Å². The smallest absolute Gasteiger partial charge is 0.0704 e. The van der Waals surface area contributed by atoms with E-state index in [1.54, 1.807) is 0 Å². The first-order chi connectivity index (χ1) is 9.83. The van der Waals surface area contributed by atoms with Crippen molar-refractivity contribution < 1.29 is 0 Å². The van der Waals surface area contributed by atoms with Gasteiger partial charge in [0.15, 0.2) is 0 Å². The molecule has 3 rings (SSSR count). The van der Waals surface area contributed by atoms with E-state index < -0.39 is 0 Å². The van der Waals surface area contributed by atoms with E-state index in [4.69, 9.17) is 0 Å². The molecule has 1 heterocycles. The van der Waals surface area contributed by atoms with Crippen molar-refractivity contribution in [1.29, 1.82) is 0 Å². The van der Waals surface area contributed by atoms with E-state index in [1.807, 2.05) is 6.20 Å². The lowest BCUT2D eigenvalue weighted by molar-refractivity contribution is 0.274. The maximum absolute atomic E-state index is 4.45. The molecular weight excluding hydrogens is 242 g/mol. The molecule has 1 saturated carbocycles. The highest BCUT2D eigenvalue weighted by Crippen LogP contribution is 2.31. The van der Waals surface area contributed by atoms with E-state index in [-0.39, 0.29) is 0 Å². The molecule has 1 nitrogen and oxygen atoms in total. The van der Waals surface area contributed by atoms with Crippen molar-refractivity contribution in [2.24, 2.45) is 11.8 Å². The predicted octanol–water partition coefficient (Wildman–Crippen LogP) is 5.38. The second-order valence-electron chi connectivity index (χ2n) is 6.51. The first kappa shape index (κ1) is 13.6. The van der Waals surface area contributed by atoms with Crippen LogP contribution in [-0.4, -0.2) is 4.98 Å². The molecule has 1 aliphatic carbocycles. The van der Waals surface area contributed by atoms with Crippen molar-refractivity contribution in [2.75, 3.05) is 0 Å². The summed E-state index contributed by atoms with van der Waals surface area (Å²) >= 11 is 0. The van der Waals surface area contributed by atoms with Crippen molar-refractivity contribution in [2.45, 2.75) is 51.9 Å². The maximum atomic E-state index is 4.45. The molecule has 0 bridgehead atoms. The average Bonchev–Trinajstić information content (AvgIpc) is 2.49. The standard InChI is InChI=1S/C19H25N/c1-15-9-11-16(12-10-15)5-4-6-17-13-14-20-19-8-3-2-7-18(17)19/h2-3,7-8,13-16H,4-6,9-12H2,1H3. The fraction of sp³-hybridized carbons (Fsp3) is 0.526. The molecule has 0 unspecified atom stereocenters. The minimum absolute atomic E-state index is 0.968. The van der Waals surface area contributed by atoms with Crippen LogP contribution in [0, 0.1) is 11.8 Å². The molecule has 0 amide bonds. The highest BCUT2D eigenvalue weighted by Gasteiger charge is 2.17. The molecule has 106 valence electrons. The molecule has 0 N–H and O–H groups in total. The van der Waals surface area contributed by atoms with Gasteiger partial charge in [-0.1, -0.05) is 57.2 Å². The molecule has 0 radical (unpaired) electrons. The van der Waals surface area contributed by atoms with Gasteiger partial charge in [-0.15, -0.1) is 0 Å². The summed E-state index contributed by atoms with van der Waals surface area (Å²) in [4.78, 5) is 4.45. The SMILES string of the molecule is CC1CCC(CCCc2ccnc3ccccc23)CC1. The van der Waals surface area contributed by atoms with Crippen LogP contribution in [0.2, 0.25) is 0 Å². The number of fused-ring (bicyclic) bond motifs is 1. The molecule has 0 spiro atoms. The number of hydrogen-bond acceptors (Lipinski definition) is 1. The zero-order valence-corrected chi connectivity index (χ0v) is 12.5. The first-order valence-electron chi connectivity index (χ1n) is 8.15. The van der Waals surface area contributed by atoms with Crippen molar-refractivity contribution in [1.82, 2.24) is 4.98 Å². The zero-order chi connectivity index (χ0) is 13.8. The first-order valence-corrected chi connectivity index (χ1v) is 8.15. The van der Waals surface area contributed by atoms with Gasteiger partial charge in [-0.25, -0.2) is 0 Å². The van der Waals surface area contributed by atoms with Gasteiger partial charge in [0.25, 0.3) is 0 Å². The quantitative estimate of drug-likeness (QED) is 0.724. The Hall–Kier alpha value is -1.37.